The number of allylic oxidation sites excluding steroid dienone is 1. The number of ether oxygens (including phenoxy) is 1. The first-order valence-corrected chi connectivity index (χ1v) is 9.94. The first-order valence-electron chi connectivity index (χ1n) is 8.96. The van der Waals surface area contributed by atoms with Gasteiger partial charge in [0.25, 0.3) is 0 Å². The van der Waals surface area contributed by atoms with Gasteiger partial charge in [-0.1, -0.05) is 35.5 Å². The van der Waals surface area contributed by atoms with Gasteiger partial charge >= 0.3 is 0 Å². The molecule has 0 aliphatic rings. The third kappa shape index (κ3) is 5.92. The van der Waals surface area contributed by atoms with E-state index in [1.54, 1.807) is 6.08 Å². The van der Waals surface area contributed by atoms with E-state index in [-0.39, 0.29) is 24.1 Å². The molecule has 2 aromatic carbocycles. The third-order valence-electron chi connectivity index (χ3n) is 3.95. The number of nitrogens with zero attached hydrogens (tertiary/aromatic N) is 3. The molecule has 1 amide bonds. The van der Waals surface area contributed by atoms with Crippen LogP contribution in [-0.4, -0.2) is 26.4 Å². The van der Waals surface area contributed by atoms with E-state index in [0.717, 1.165) is 11.3 Å². The van der Waals surface area contributed by atoms with E-state index >= 15 is 0 Å². The Bertz CT molecular complexity index is 971. The molecule has 29 heavy (non-hydrogen) atoms. The quantitative estimate of drug-likeness (QED) is 0.421. The van der Waals surface area contributed by atoms with Crippen molar-refractivity contribution in [3.05, 3.63) is 78.4 Å². The van der Waals surface area contributed by atoms with Crippen LogP contribution in [-0.2, 0) is 17.9 Å². The highest BCUT2D eigenvalue weighted by atomic mass is 32.2. The number of hydrogen-bond acceptors (Lipinski definition) is 5. The van der Waals surface area contributed by atoms with E-state index in [4.69, 9.17) is 4.74 Å². The molecular weight excluding hydrogens is 391 g/mol. The van der Waals surface area contributed by atoms with E-state index in [1.165, 1.54) is 36.0 Å². The fraction of sp³-hybridized carbons (Fsp3) is 0.190. The summed E-state index contributed by atoms with van der Waals surface area (Å²) in [6, 6.07) is 13.4. The molecule has 0 fully saturated rings. The number of amides is 1. The Labute approximate surface area is 172 Å². The molecule has 1 heterocycles. The Morgan fingerprint density at radius 3 is 2.62 bits per heavy atom. The average molecular weight is 412 g/mol. The van der Waals surface area contributed by atoms with Crippen LogP contribution in [0.25, 0.3) is 0 Å². The fourth-order valence-electron chi connectivity index (χ4n) is 2.49. The molecule has 3 aromatic rings. The van der Waals surface area contributed by atoms with Gasteiger partial charge in [-0.05, 0) is 43.3 Å². The van der Waals surface area contributed by atoms with E-state index in [2.05, 4.69) is 22.1 Å². The van der Waals surface area contributed by atoms with Crippen LogP contribution in [0.15, 0.2) is 66.3 Å². The monoisotopic (exact) mass is 412 g/mol. The number of aryl methyl sites for hydroxylation is 1. The number of aromatic nitrogens is 3. The smallest absolute Gasteiger partial charge is 0.234 e. The van der Waals surface area contributed by atoms with Gasteiger partial charge in [-0.15, -0.1) is 16.8 Å². The molecule has 0 aliphatic carbocycles. The van der Waals surface area contributed by atoms with Crippen molar-refractivity contribution in [2.45, 2.75) is 25.2 Å². The SMILES string of the molecule is C=CCn1c(COc2ccc(C)cc2)nnc1SCC(=O)Nc1ccc(F)cc1. The van der Waals surface area contributed by atoms with Crippen molar-refractivity contribution in [2.75, 3.05) is 11.1 Å². The third-order valence-corrected chi connectivity index (χ3v) is 4.92. The van der Waals surface area contributed by atoms with Gasteiger partial charge in [-0.2, -0.15) is 0 Å². The normalized spacial score (nSPS) is 10.6. The lowest BCUT2D eigenvalue weighted by molar-refractivity contribution is -0.113. The second kappa shape index (κ2) is 9.88. The molecule has 0 spiro atoms. The number of thioether (sulfide) groups is 1. The Balaban J connectivity index is 1.59. The largest absolute Gasteiger partial charge is 0.486 e. The number of carbonyl (C=O) groups is 1. The lowest BCUT2D eigenvalue weighted by Gasteiger charge is -2.09. The molecule has 0 radical (unpaired) electrons. The molecule has 0 unspecified atom stereocenters. The molecule has 0 saturated carbocycles. The number of benzene rings is 2. The topological polar surface area (TPSA) is 69.0 Å². The van der Waals surface area contributed by atoms with Crippen LogP contribution in [0.3, 0.4) is 0 Å². The van der Waals surface area contributed by atoms with Crippen LogP contribution in [0, 0.1) is 12.7 Å². The van der Waals surface area contributed by atoms with Crippen molar-refractivity contribution in [1.82, 2.24) is 14.8 Å². The molecule has 0 atom stereocenters. The van der Waals surface area contributed by atoms with Crippen molar-refractivity contribution in [2.24, 2.45) is 0 Å². The summed E-state index contributed by atoms with van der Waals surface area (Å²) in [6.45, 7) is 6.54. The number of hydrogen-bond donors (Lipinski definition) is 1. The van der Waals surface area contributed by atoms with Crippen LogP contribution in [0.4, 0.5) is 10.1 Å². The summed E-state index contributed by atoms with van der Waals surface area (Å²) in [4.78, 5) is 12.2. The average Bonchev–Trinajstić information content (AvgIpc) is 3.10. The van der Waals surface area contributed by atoms with Gasteiger partial charge in [0.05, 0.1) is 5.75 Å². The highest BCUT2D eigenvalue weighted by Gasteiger charge is 2.14. The second-order valence-corrected chi connectivity index (χ2v) is 7.19. The maximum Gasteiger partial charge on any atom is 0.234 e. The Hall–Kier alpha value is -3.13. The van der Waals surface area contributed by atoms with Crippen molar-refractivity contribution in [3.8, 4) is 5.75 Å². The zero-order chi connectivity index (χ0) is 20.6. The van der Waals surface area contributed by atoms with Crippen molar-refractivity contribution < 1.29 is 13.9 Å². The maximum absolute atomic E-state index is 12.9. The van der Waals surface area contributed by atoms with Gasteiger partial charge < -0.3 is 10.1 Å². The van der Waals surface area contributed by atoms with Crippen LogP contribution in [0.1, 0.15) is 11.4 Å². The Morgan fingerprint density at radius 1 is 1.21 bits per heavy atom. The van der Waals surface area contributed by atoms with E-state index in [1.807, 2.05) is 35.8 Å². The minimum Gasteiger partial charge on any atom is -0.486 e. The van der Waals surface area contributed by atoms with Gasteiger partial charge in [-0.25, -0.2) is 4.39 Å². The number of nitrogens with one attached hydrogen (secondary N) is 1. The minimum absolute atomic E-state index is 0.144. The van der Waals surface area contributed by atoms with Gasteiger partial charge in [0, 0.05) is 12.2 Å². The van der Waals surface area contributed by atoms with Gasteiger partial charge in [0.1, 0.15) is 18.2 Å². The van der Waals surface area contributed by atoms with Gasteiger partial charge in [0.2, 0.25) is 5.91 Å². The number of anilines is 1. The number of carbonyl (C=O) groups excluding carboxylic acids is 1. The molecule has 1 aromatic heterocycles. The summed E-state index contributed by atoms with van der Waals surface area (Å²) < 4.78 is 20.6. The molecule has 0 aliphatic heterocycles. The van der Waals surface area contributed by atoms with E-state index < -0.39 is 0 Å². The van der Waals surface area contributed by atoms with E-state index in [9.17, 15) is 9.18 Å². The lowest BCUT2D eigenvalue weighted by atomic mass is 10.2. The molecule has 150 valence electrons. The first-order chi connectivity index (χ1) is 14.0. The lowest BCUT2D eigenvalue weighted by Crippen LogP contribution is -2.15. The first kappa shape index (κ1) is 20.6. The molecule has 1 N–H and O–H groups in total. The zero-order valence-electron chi connectivity index (χ0n) is 16.0. The number of rotatable bonds is 9. The van der Waals surface area contributed by atoms with Gasteiger partial charge in [-0.3, -0.25) is 9.36 Å². The summed E-state index contributed by atoms with van der Waals surface area (Å²) in [6.07, 6.45) is 1.74. The Kier molecular flexibility index (Phi) is 7.02. The highest BCUT2D eigenvalue weighted by Crippen LogP contribution is 2.20. The molecule has 3 rings (SSSR count). The van der Waals surface area contributed by atoms with Crippen LogP contribution >= 0.6 is 11.8 Å². The highest BCUT2D eigenvalue weighted by molar-refractivity contribution is 7.99. The second-order valence-electron chi connectivity index (χ2n) is 6.24. The maximum atomic E-state index is 12.9. The predicted octanol–water partition coefficient (Wildman–Crippen LogP) is 4.22. The summed E-state index contributed by atoms with van der Waals surface area (Å²) in [5, 5.41) is 11.7. The van der Waals surface area contributed by atoms with E-state index in [0.29, 0.717) is 23.2 Å². The molecule has 0 saturated heterocycles. The fourth-order valence-corrected chi connectivity index (χ4v) is 3.25. The van der Waals surface area contributed by atoms with Crippen LogP contribution in [0.5, 0.6) is 5.75 Å². The molecule has 0 bridgehead atoms. The van der Waals surface area contributed by atoms with Crippen LogP contribution < -0.4 is 10.1 Å². The zero-order valence-corrected chi connectivity index (χ0v) is 16.8. The van der Waals surface area contributed by atoms with Crippen molar-refractivity contribution in [3.63, 3.8) is 0 Å². The summed E-state index contributed by atoms with van der Waals surface area (Å²) in [7, 11) is 0. The summed E-state index contributed by atoms with van der Waals surface area (Å²) >= 11 is 1.26. The van der Waals surface area contributed by atoms with Gasteiger partial charge in [0.15, 0.2) is 11.0 Å². The summed E-state index contributed by atoms with van der Waals surface area (Å²) in [5.41, 5.74) is 1.70. The van der Waals surface area contributed by atoms with Crippen molar-refractivity contribution >= 4 is 23.4 Å². The minimum atomic E-state index is -0.352. The Morgan fingerprint density at radius 2 is 1.93 bits per heavy atom. The predicted molar refractivity (Wildman–Crippen MR) is 111 cm³/mol. The van der Waals surface area contributed by atoms with Crippen molar-refractivity contribution in [1.29, 1.82) is 0 Å². The molecule has 6 nitrogen and oxygen atoms in total. The number of halogens is 1. The summed E-state index contributed by atoms with van der Waals surface area (Å²) in [5.74, 6) is 0.969. The molecule has 8 heteroatoms. The van der Waals surface area contributed by atoms with Crippen LogP contribution in [0.2, 0.25) is 0 Å². The standard InChI is InChI=1S/C21H21FN4O2S/c1-3-12-26-19(13-28-18-10-4-15(2)5-11-18)24-25-21(26)29-14-20(27)23-17-8-6-16(22)7-9-17/h3-11H,1,12-14H2,2H3,(H,23,27). The molecular formula is C21H21FN4O2S.